The van der Waals surface area contributed by atoms with Gasteiger partial charge in [0.25, 0.3) is 0 Å². The largest absolute Gasteiger partial charge is 0.384 e. The third kappa shape index (κ3) is 2.18. The summed E-state index contributed by atoms with van der Waals surface area (Å²) in [5, 5.41) is 4.39. The molecule has 2 N–H and O–H groups in total. The van der Waals surface area contributed by atoms with E-state index in [0.717, 1.165) is 24.0 Å². The number of nitrogens with two attached hydrogens (primary N) is 1. The van der Waals surface area contributed by atoms with E-state index >= 15 is 0 Å². The van der Waals surface area contributed by atoms with E-state index in [1.807, 2.05) is 17.7 Å². The van der Waals surface area contributed by atoms with Crippen LogP contribution in [0.3, 0.4) is 0 Å². The van der Waals surface area contributed by atoms with E-state index in [2.05, 4.69) is 29.4 Å². The summed E-state index contributed by atoms with van der Waals surface area (Å²) in [7, 11) is 0. The fourth-order valence-corrected chi connectivity index (χ4v) is 2.23. The Bertz CT molecular complexity index is 538. The molecule has 0 saturated heterocycles. The van der Waals surface area contributed by atoms with Gasteiger partial charge in [-0.15, -0.1) is 0 Å². The zero-order valence-electron chi connectivity index (χ0n) is 10.1. The molecular weight excluding hydrogens is 210 g/mol. The van der Waals surface area contributed by atoms with Gasteiger partial charge < -0.3 is 5.73 Å². The minimum absolute atomic E-state index is 0.735. The second-order valence-electron chi connectivity index (χ2n) is 4.89. The minimum Gasteiger partial charge on any atom is -0.384 e. The highest BCUT2D eigenvalue weighted by molar-refractivity contribution is 5.33. The average molecular weight is 227 g/mol. The molecule has 1 aliphatic rings. The maximum absolute atomic E-state index is 5.90. The monoisotopic (exact) mass is 227 g/mol. The van der Waals surface area contributed by atoms with Crippen LogP contribution in [0.15, 0.2) is 30.3 Å². The highest BCUT2D eigenvalue weighted by Gasteiger charge is 2.23. The number of rotatable bonds is 3. The highest BCUT2D eigenvalue weighted by atomic mass is 15.3. The summed E-state index contributed by atoms with van der Waals surface area (Å²) in [4.78, 5) is 0. The Morgan fingerprint density at radius 2 is 2.18 bits per heavy atom. The van der Waals surface area contributed by atoms with Gasteiger partial charge in [-0.05, 0) is 36.8 Å². The van der Waals surface area contributed by atoms with E-state index in [9.17, 15) is 0 Å². The van der Waals surface area contributed by atoms with Crippen LogP contribution < -0.4 is 5.73 Å². The first-order valence-corrected chi connectivity index (χ1v) is 6.11. The van der Waals surface area contributed by atoms with Gasteiger partial charge in [0.2, 0.25) is 0 Å². The number of anilines is 1. The quantitative estimate of drug-likeness (QED) is 0.876. The molecule has 2 aromatic rings. The topological polar surface area (TPSA) is 43.8 Å². The Labute approximate surface area is 101 Å². The third-order valence-electron chi connectivity index (χ3n) is 3.27. The van der Waals surface area contributed by atoms with Crippen LogP contribution in [0.25, 0.3) is 0 Å². The molecule has 88 valence electrons. The summed E-state index contributed by atoms with van der Waals surface area (Å²) in [6.07, 6.45) is 2.68. The molecule has 1 aliphatic carbocycles. The molecule has 0 atom stereocenters. The van der Waals surface area contributed by atoms with Crippen molar-refractivity contribution < 1.29 is 0 Å². The summed E-state index contributed by atoms with van der Waals surface area (Å²) in [6, 6.07) is 10.7. The molecule has 1 heterocycles. The number of nitrogen functional groups attached to an aromatic ring is 1. The number of hydrogen-bond acceptors (Lipinski definition) is 2. The van der Waals surface area contributed by atoms with Crippen molar-refractivity contribution in [3.63, 3.8) is 0 Å². The van der Waals surface area contributed by atoms with E-state index in [0.29, 0.717) is 0 Å². The second-order valence-corrected chi connectivity index (χ2v) is 4.89. The number of hydrogen-bond donors (Lipinski definition) is 1. The predicted octanol–water partition coefficient (Wildman–Crippen LogP) is 2.70. The molecule has 3 rings (SSSR count). The molecule has 1 aromatic carbocycles. The summed E-state index contributed by atoms with van der Waals surface area (Å²) < 4.78 is 1.86. The molecule has 0 bridgehead atoms. The molecule has 0 spiro atoms. The van der Waals surface area contributed by atoms with E-state index in [1.54, 1.807) is 0 Å². The molecule has 0 amide bonds. The highest BCUT2D eigenvalue weighted by Crippen LogP contribution is 2.40. The molecule has 3 heteroatoms. The first-order chi connectivity index (χ1) is 8.22. The van der Waals surface area contributed by atoms with Crippen molar-refractivity contribution in [2.45, 2.75) is 32.2 Å². The van der Waals surface area contributed by atoms with E-state index in [-0.39, 0.29) is 0 Å². The number of nitrogens with zero attached hydrogens (tertiary/aromatic N) is 2. The van der Waals surface area contributed by atoms with Crippen molar-refractivity contribution in [2.24, 2.45) is 0 Å². The van der Waals surface area contributed by atoms with Crippen molar-refractivity contribution in [1.29, 1.82) is 0 Å². The van der Waals surface area contributed by atoms with Crippen molar-refractivity contribution in [3.05, 3.63) is 47.2 Å². The summed E-state index contributed by atoms with van der Waals surface area (Å²) >= 11 is 0. The SMILES string of the molecule is Cc1cc(N)n(Cc2cccc(C3CC3)c2)n1. The molecule has 0 aliphatic heterocycles. The minimum atomic E-state index is 0.735. The fraction of sp³-hybridized carbons (Fsp3) is 0.357. The van der Waals surface area contributed by atoms with Gasteiger partial charge in [0.15, 0.2) is 0 Å². The normalized spacial score (nSPS) is 15.1. The lowest BCUT2D eigenvalue weighted by atomic mass is 10.1. The van der Waals surface area contributed by atoms with Gasteiger partial charge in [0.1, 0.15) is 5.82 Å². The molecule has 0 unspecified atom stereocenters. The molecule has 1 aromatic heterocycles. The molecule has 1 fully saturated rings. The lowest BCUT2D eigenvalue weighted by Gasteiger charge is -2.06. The summed E-state index contributed by atoms with van der Waals surface area (Å²) in [5.74, 6) is 1.53. The Morgan fingerprint density at radius 1 is 1.35 bits per heavy atom. The van der Waals surface area contributed by atoms with Gasteiger partial charge in [-0.3, -0.25) is 0 Å². The molecule has 3 nitrogen and oxygen atoms in total. The first-order valence-electron chi connectivity index (χ1n) is 6.11. The lowest BCUT2D eigenvalue weighted by Crippen LogP contribution is -2.06. The van der Waals surface area contributed by atoms with E-state index in [4.69, 9.17) is 5.73 Å². The van der Waals surface area contributed by atoms with E-state index < -0.39 is 0 Å². The zero-order chi connectivity index (χ0) is 11.8. The average Bonchev–Trinajstić information content (AvgIpc) is 3.08. The molecular formula is C14H17N3. The summed E-state index contributed by atoms with van der Waals surface area (Å²) in [6.45, 7) is 2.73. The molecule has 0 radical (unpaired) electrons. The Balaban J connectivity index is 1.84. The second kappa shape index (κ2) is 3.91. The van der Waals surface area contributed by atoms with Crippen LogP contribution in [0.5, 0.6) is 0 Å². The van der Waals surface area contributed by atoms with Crippen LogP contribution in [-0.4, -0.2) is 9.78 Å². The van der Waals surface area contributed by atoms with Crippen LogP contribution in [-0.2, 0) is 6.54 Å². The van der Waals surface area contributed by atoms with E-state index in [1.165, 1.54) is 24.0 Å². The maximum Gasteiger partial charge on any atom is 0.122 e. The van der Waals surface area contributed by atoms with Crippen LogP contribution >= 0.6 is 0 Å². The molecule has 1 saturated carbocycles. The van der Waals surface area contributed by atoms with Gasteiger partial charge in [0.05, 0.1) is 12.2 Å². The van der Waals surface area contributed by atoms with Crippen LogP contribution in [0, 0.1) is 6.92 Å². The smallest absolute Gasteiger partial charge is 0.122 e. The first kappa shape index (κ1) is 10.4. The third-order valence-corrected chi connectivity index (χ3v) is 3.27. The predicted molar refractivity (Wildman–Crippen MR) is 68.9 cm³/mol. The number of benzene rings is 1. The van der Waals surface area contributed by atoms with Gasteiger partial charge in [0, 0.05) is 6.07 Å². The van der Waals surface area contributed by atoms with Crippen LogP contribution in [0.4, 0.5) is 5.82 Å². The van der Waals surface area contributed by atoms with Crippen molar-refractivity contribution in [2.75, 3.05) is 5.73 Å². The Hall–Kier alpha value is -1.77. The number of aryl methyl sites for hydroxylation is 1. The number of aromatic nitrogens is 2. The standard InChI is InChI=1S/C14H17N3/c1-10-7-14(15)17(16-10)9-11-3-2-4-13(8-11)12-5-6-12/h2-4,7-8,12H,5-6,9,15H2,1H3. The van der Waals surface area contributed by atoms with Crippen molar-refractivity contribution in [3.8, 4) is 0 Å². The van der Waals surface area contributed by atoms with Crippen molar-refractivity contribution in [1.82, 2.24) is 9.78 Å². The van der Waals surface area contributed by atoms with Gasteiger partial charge in [-0.25, -0.2) is 4.68 Å². The van der Waals surface area contributed by atoms with Crippen molar-refractivity contribution >= 4 is 5.82 Å². The zero-order valence-corrected chi connectivity index (χ0v) is 10.1. The Kier molecular flexibility index (Phi) is 2.39. The van der Waals surface area contributed by atoms with Gasteiger partial charge >= 0.3 is 0 Å². The molecule has 17 heavy (non-hydrogen) atoms. The van der Waals surface area contributed by atoms with Gasteiger partial charge in [-0.2, -0.15) is 5.10 Å². The lowest BCUT2D eigenvalue weighted by molar-refractivity contribution is 0.688. The maximum atomic E-state index is 5.90. The van der Waals surface area contributed by atoms with Gasteiger partial charge in [-0.1, -0.05) is 24.3 Å². The van der Waals surface area contributed by atoms with Crippen LogP contribution in [0.1, 0.15) is 35.6 Å². The Morgan fingerprint density at radius 3 is 2.82 bits per heavy atom. The summed E-state index contributed by atoms with van der Waals surface area (Å²) in [5.41, 5.74) is 9.62. The fourth-order valence-electron chi connectivity index (χ4n) is 2.23. The van der Waals surface area contributed by atoms with Crippen LogP contribution in [0.2, 0.25) is 0 Å².